The van der Waals surface area contributed by atoms with E-state index in [2.05, 4.69) is 87.1 Å². The van der Waals surface area contributed by atoms with Crippen LogP contribution in [-0.4, -0.2) is 12.9 Å². The van der Waals surface area contributed by atoms with Crippen molar-refractivity contribution >= 4 is 11.6 Å². The van der Waals surface area contributed by atoms with Crippen LogP contribution < -0.4 is 5.32 Å². The average molecular weight is 377 g/mol. The van der Waals surface area contributed by atoms with Crippen LogP contribution in [0.1, 0.15) is 70.1 Å². The third-order valence-electron chi connectivity index (χ3n) is 4.28. The van der Waals surface area contributed by atoms with Gasteiger partial charge in [-0.3, -0.25) is 0 Å². The Bertz CT molecular complexity index is 588. The predicted octanol–water partition coefficient (Wildman–Crippen LogP) is 6.53. The van der Waals surface area contributed by atoms with Crippen LogP contribution in [-0.2, 0) is 6.54 Å². The van der Waals surface area contributed by atoms with Crippen LogP contribution in [0.3, 0.4) is 0 Å². The zero-order valence-corrected chi connectivity index (χ0v) is 18.7. The molecule has 0 aliphatic rings. The van der Waals surface area contributed by atoms with Crippen LogP contribution in [0.2, 0.25) is 0 Å². The summed E-state index contributed by atoms with van der Waals surface area (Å²) in [6, 6.07) is 15.9. The molecule has 26 heavy (non-hydrogen) atoms. The minimum atomic E-state index is 0.592. The molecule has 0 aliphatic carbocycles. The van der Waals surface area contributed by atoms with Gasteiger partial charge in [-0.1, -0.05) is 83.0 Å². The van der Waals surface area contributed by atoms with E-state index in [0.717, 1.165) is 6.54 Å². The van der Waals surface area contributed by atoms with Crippen LogP contribution >= 0.6 is 11.6 Å². The second kappa shape index (κ2) is 14.8. The molecule has 2 aromatic rings. The lowest BCUT2D eigenvalue weighted by molar-refractivity contribution is -0.670. The number of nitrogens with two attached hydrogens (primary N) is 1. The highest BCUT2D eigenvalue weighted by molar-refractivity contribution is 6.15. The molecule has 2 heteroatoms. The molecule has 0 atom stereocenters. The number of hydrogen-bond donors (Lipinski definition) is 1. The van der Waals surface area contributed by atoms with Gasteiger partial charge < -0.3 is 5.32 Å². The van der Waals surface area contributed by atoms with E-state index in [9.17, 15) is 0 Å². The zero-order chi connectivity index (χ0) is 19.9. The van der Waals surface area contributed by atoms with Gasteiger partial charge in [0.25, 0.3) is 0 Å². The summed E-state index contributed by atoms with van der Waals surface area (Å²) in [5.41, 5.74) is 6.93. The van der Waals surface area contributed by atoms with Gasteiger partial charge in [-0.2, -0.15) is 0 Å². The average Bonchev–Trinajstić information content (AvgIpc) is 2.69. The topological polar surface area (TPSA) is 16.6 Å². The summed E-state index contributed by atoms with van der Waals surface area (Å²) < 4.78 is 0. The minimum Gasteiger partial charge on any atom is -0.342 e. The standard InChI is InChI=1S/C21H29N.C2H6.CH3Cl/c1-5-6-13-22-15-20-14-17(4)7-12-21(20)19-10-8-18(9-11-19)16(2)3;2*1-2/h7-12,14,16,22H,5-6,13,15H2,1-4H3;1-2H3;1H3/p+1. The van der Waals surface area contributed by atoms with Gasteiger partial charge in [0.2, 0.25) is 0 Å². The van der Waals surface area contributed by atoms with Gasteiger partial charge in [-0.05, 0) is 42.0 Å². The van der Waals surface area contributed by atoms with Gasteiger partial charge in [0, 0.05) is 11.9 Å². The Morgan fingerprint density at radius 3 is 2.12 bits per heavy atom. The largest absolute Gasteiger partial charge is 0.342 e. The first-order valence-electron chi connectivity index (χ1n) is 10.0. The van der Waals surface area contributed by atoms with Crippen molar-refractivity contribution in [2.45, 2.75) is 66.8 Å². The Morgan fingerprint density at radius 2 is 1.58 bits per heavy atom. The zero-order valence-electron chi connectivity index (χ0n) is 17.9. The van der Waals surface area contributed by atoms with Gasteiger partial charge in [0.15, 0.2) is 0 Å². The van der Waals surface area contributed by atoms with Crippen LogP contribution in [0.5, 0.6) is 0 Å². The maximum Gasteiger partial charge on any atom is 0.102 e. The maximum absolute atomic E-state index is 4.64. The molecule has 0 aliphatic heterocycles. The molecule has 0 bridgehead atoms. The van der Waals surface area contributed by atoms with Crippen LogP contribution in [0.4, 0.5) is 0 Å². The fourth-order valence-corrected chi connectivity index (χ4v) is 2.83. The molecular formula is C24H39ClN+. The van der Waals surface area contributed by atoms with E-state index in [1.165, 1.54) is 53.6 Å². The Labute approximate surface area is 167 Å². The summed E-state index contributed by atoms with van der Waals surface area (Å²) in [5.74, 6) is 0.592. The van der Waals surface area contributed by atoms with Crippen molar-refractivity contribution in [2.75, 3.05) is 12.9 Å². The molecule has 0 aromatic heterocycles. The van der Waals surface area contributed by atoms with Crippen molar-refractivity contribution < 1.29 is 5.32 Å². The first kappa shape index (κ1) is 24.7. The molecule has 0 unspecified atom stereocenters. The highest BCUT2D eigenvalue weighted by Gasteiger charge is 2.08. The minimum absolute atomic E-state index is 0.592. The number of aryl methyl sites for hydroxylation is 1. The fourth-order valence-electron chi connectivity index (χ4n) is 2.83. The first-order chi connectivity index (χ1) is 12.6. The lowest BCUT2D eigenvalue weighted by Crippen LogP contribution is -2.82. The first-order valence-corrected chi connectivity index (χ1v) is 10.8. The SMILES string of the molecule is CC.CCCC[NH2+]Cc1cc(C)ccc1-c1ccc(C(C)C)cc1.CCl. The normalized spacial score (nSPS) is 9.88. The molecule has 0 spiro atoms. The molecule has 0 amide bonds. The molecule has 0 radical (unpaired) electrons. The molecule has 146 valence electrons. The quantitative estimate of drug-likeness (QED) is 0.417. The summed E-state index contributed by atoms with van der Waals surface area (Å²) >= 11 is 4.64. The van der Waals surface area contributed by atoms with Gasteiger partial charge in [-0.25, -0.2) is 0 Å². The molecule has 0 heterocycles. The van der Waals surface area contributed by atoms with Crippen molar-refractivity contribution in [2.24, 2.45) is 0 Å². The van der Waals surface area contributed by atoms with Gasteiger partial charge in [-0.15, -0.1) is 11.6 Å². The molecule has 0 fully saturated rings. The summed E-state index contributed by atoms with van der Waals surface area (Å²) in [6.07, 6.45) is 4.04. The molecular weight excluding hydrogens is 338 g/mol. The third kappa shape index (κ3) is 8.38. The fraction of sp³-hybridized carbons (Fsp3) is 0.500. The maximum atomic E-state index is 4.64. The van der Waals surface area contributed by atoms with Gasteiger partial charge >= 0.3 is 0 Å². The number of rotatable bonds is 7. The van der Waals surface area contributed by atoms with E-state index in [0.29, 0.717) is 5.92 Å². The Hall–Kier alpha value is -1.31. The number of unbranched alkanes of at least 4 members (excludes halogenated alkanes) is 1. The van der Waals surface area contributed by atoms with Crippen LogP contribution in [0, 0.1) is 6.92 Å². The highest BCUT2D eigenvalue weighted by atomic mass is 35.5. The number of hydrogen-bond acceptors (Lipinski definition) is 0. The molecule has 2 aromatic carbocycles. The van der Waals surface area contributed by atoms with Gasteiger partial charge in [0.05, 0.1) is 6.54 Å². The van der Waals surface area contributed by atoms with Crippen molar-refractivity contribution in [3.05, 3.63) is 59.2 Å². The predicted molar refractivity (Wildman–Crippen MR) is 119 cm³/mol. The lowest BCUT2D eigenvalue weighted by atomic mass is 9.95. The van der Waals surface area contributed by atoms with Crippen LogP contribution in [0.15, 0.2) is 42.5 Å². The van der Waals surface area contributed by atoms with Crippen molar-refractivity contribution in [1.82, 2.24) is 0 Å². The van der Waals surface area contributed by atoms with E-state index in [4.69, 9.17) is 0 Å². The number of quaternary nitrogens is 1. The third-order valence-corrected chi connectivity index (χ3v) is 4.28. The molecule has 1 nitrogen and oxygen atoms in total. The second-order valence-corrected chi connectivity index (χ2v) is 6.57. The van der Waals surface area contributed by atoms with E-state index < -0.39 is 0 Å². The summed E-state index contributed by atoms with van der Waals surface area (Å²) in [7, 11) is 0. The monoisotopic (exact) mass is 376 g/mol. The molecule has 2 N–H and O–H groups in total. The highest BCUT2D eigenvalue weighted by Crippen LogP contribution is 2.26. The summed E-state index contributed by atoms with van der Waals surface area (Å²) in [4.78, 5) is 0. The Kier molecular flexibility index (Phi) is 14.1. The number of alkyl halides is 1. The molecule has 0 saturated heterocycles. The van der Waals surface area contributed by atoms with E-state index in [-0.39, 0.29) is 0 Å². The van der Waals surface area contributed by atoms with E-state index >= 15 is 0 Å². The molecule has 2 rings (SSSR count). The summed E-state index contributed by atoms with van der Waals surface area (Å²) in [5, 5.41) is 2.43. The molecule has 0 saturated carbocycles. The second-order valence-electron chi connectivity index (χ2n) is 6.57. The Morgan fingerprint density at radius 1 is 0.962 bits per heavy atom. The number of halogens is 1. The van der Waals surface area contributed by atoms with Crippen LogP contribution in [0.25, 0.3) is 11.1 Å². The smallest absolute Gasteiger partial charge is 0.102 e. The number of benzene rings is 2. The van der Waals surface area contributed by atoms with E-state index in [1.54, 1.807) is 0 Å². The lowest BCUT2D eigenvalue weighted by Gasteiger charge is -2.12. The summed E-state index contributed by atoms with van der Waals surface area (Å²) in [6.45, 7) is 15.2. The van der Waals surface area contributed by atoms with Crippen molar-refractivity contribution in [3.8, 4) is 11.1 Å². The Balaban J connectivity index is 0.00000146. The van der Waals surface area contributed by atoms with Crippen molar-refractivity contribution in [1.29, 1.82) is 0 Å². The van der Waals surface area contributed by atoms with Gasteiger partial charge in [0.1, 0.15) is 6.54 Å². The van der Waals surface area contributed by atoms with Crippen molar-refractivity contribution in [3.63, 3.8) is 0 Å². The van der Waals surface area contributed by atoms with E-state index in [1.807, 2.05) is 13.8 Å².